The number of hydrogen-bond acceptors (Lipinski definition) is 2. The molecule has 0 aromatic heterocycles. The standard InChI is InChI=1S/C16H34N2/c1-4-15(5-2)16-12-14(13-16)8-6-7-9-18-11-10-17-3/h14-18H,4-13H2,1-3H3. The van der Waals surface area contributed by atoms with E-state index in [4.69, 9.17) is 0 Å². The van der Waals surface area contributed by atoms with E-state index in [1.807, 2.05) is 7.05 Å². The monoisotopic (exact) mass is 254 g/mol. The number of unbranched alkanes of at least 4 members (excludes halogenated alkanes) is 1. The first kappa shape index (κ1) is 16.0. The van der Waals surface area contributed by atoms with Crippen LogP contribution in [0.1, 0.15) is 58.8 Å². The second-order valence-corrected chi connectivity index (χ2v) is 6.02. The Balaban J connectivity index is 1.88. The molecule has 0 aromatic rings. The van der Waals surface area contributed by atoms with Crippen LogP contribution in [0.25, 0.3) is 0 Å². The highest BCUT2D eigenvalue weighted by atomic mass is 14.9. The molecule has 1 aliphatic carbocycles. The minimum atomic E-state index is 1.02. The van der Waals surface area contributed by atoms with Crippen LogP contribution in [-0.2, 0) is 0 Å². The normalized spacial score (nSPS) is 23.3. The molecule has 0 atom stereocenters. The Kier molecular flexibility index (Phi) is 8.70. The van der Waals surface area contributed by atoms with Crippen molar-refractivity contribution in [3.8, 4) is 0 Å². The van der Waals surface area contributed by atoms with Gasteiger partial charge >= 0.3 is 0 Å². The predicted octanol–water partition coefficient (Wildman–Crippen LogP) is 3.43. The van der Waals surface area contributed by atoms with Crippen molar-refractivity contribution in [1.29, 1.82) is 0 Å². The van der Waals surface area contributed by atoms with Gasteiger partial charge in [0.15, 0.2) is 0 Å². The van der Waals surface area contributed by atoms with Gasteiger partial charge in [-0.05, 0) is 50.6 Å². The van der Waals surface area contributed by atoms with Crippen LogP contribution >= 0.6 is 0 Å². The van der Waals surface area contributed by atoms with Gasteiger partial charge < -0.3 is 10.6 Å². The molecule has 1 fully saturated rings. The minimum absolute atomic E-state index is 1.02. The molecule has 0 aliphatic heterocycles. The largest absolute Gasteiger partial charge is 0.318 e. The van der Waals surface area contributed by atoms with Crippen LogP contribution in [0.3, 0.4) is 0 Å². The smallest absolute Gasteiger partial charge is 0.00766 e. The molecule has 0 spiro atoms. The molecule has 18 heavy (non-hydrogen) atoms. The number of hydrogen-bond donors (Lipinski definition) is 2. The molecule has 0 bridgehead atoms. The van der Waals surface area contributed by atoms with Crippen molar-refractivity contribution in [3.63, 3.8) is 0 Å². The van der Waals surface area contributed by atoms with Gasteiger partial charge in [-0.2, -0.15) is 0 Å². The summed E-state index contributed by atoms with van der Waals surface area (Å²) in [6, 6.07) is 0. The lowest BCUT2D eigenvalue weighted by atomic mass is 9.66. The molecule has 1 rings (SSSR count). The first-order valence-corrected chi connectivity index (χ1v) is 8.17. The van der Waals surface area contributed by atoms with Crippen molar-refractivity contribution in [1.82, 2.24) is 10.6 Å². The highest BCUT2D eigenvalue weighted by molar-refractivity contribution is 4.83. The fourth-order valence-electron chi connectivity index (χ4n) is 3.38. The van der Waals surface area contributed by atoms with Gasteiger partial charge in [-0.25, -0.2) is 0 Å². The van der Waals surface area contributed by atoms with Crippen LogP contribution in [0.15, 0.2) is 0 Å². The first-order valence-electron chi connectivity index (χ1n) is 8.17. The van der Waals surface area contributed by atoms with E-state index in [0.29, 0.717) is 0 Å². The molecule has 0 radical (unpaired) electrons. The van der Waals surface area contributed by atoms with Crippen LogP contribution in [0.5, 0.6) is 0 Å². The molecule has 0 aromatic carbocycles. The second kappa shape index (κ2) is 9.80. The third-order valence-electron chi connectivity index (χ3n) is 4.76. The van der Waals surface area contributed by atoms with Crippen LogP contribution in [0, 0.1) is 17.8 Å². The van der Waals surface area contributed by atoms with Gasteiger partial charge in [-0.15, -0.1) is 0 Å². The molecular formula is C16H34N2. The molecule has 0 amide bonds. The highest BCUT2D eigenvalue weighted by Crippen LogP contribution is 2.43. The topological polar surface area (TPSA) is 24.1 Å². The highest BCUT2D eigenvalue weighted by Gasteiger charge is 2.32. The molecule has 1 saturated carbocycles. The van der Waals surface area contributed by atoms with Gasteiger partial charge in [-0.3, -0.25) is 0 Å². The number of nitrogens with one attached hydrogen (secondary N) is 2. The van der Waals surface area contributed by atoms with Gasteiger partial charge in [0, 0.05) is 13.1 Å². The Labute approximate surface area is 114 Å². The molecular weight excluding hydrogens is 220 g/mol. The Hall–Kier alpha value is -0.0800. The predicted molar refractivity (Wildman–Crippen MR) is 80.9 cm³/mol. The van der Waals surface area contributed by atoms with E-state index >= 15 is 0 Å². The zero-order chi connectivity index (χ0) is 13.2. The average Bonchev–Trinajstić information content (AvgIpc) is 2.34. The maximum Gasteiger partial charge on any atom is 0.00766 e. The number of rotatable bonds is 11. The van der Waals surface area contributed by atoms with E-state index in [-0.39, 0.29) is 0 Å². The molecule has 108 valence electrons. The first-order chi connectivity index (χ1) is 8.81. The summed E-state index contributed by atoms with van der Waals surface area (Å²) in [5.74, 6) is 3.15. The lowest BCUT2D eigenvalue weighted by molar-refractivity contribution is 0.109. The minimum Gasteiger partial charge on any atom is -0.318 e. The average molecular weight is 254 g/mol. The number of likely N-dealkylation sites (N-methyl/N-ethyl adjacent to an activating group) is 1. The summed E-state index contributed by atoms with van der Waals surface area (Å²) in [5.41, 5.74) is 0. The van der Waals surface area contributed by atoms with Crippen molar-refractivity contribution in [2.24, 2.45) is 17.8 Å². The summed E-state index contributed by atoms with van der Waals surface area (Å²) in [5, 5.41) is 6.64. The summed E-state index contributed by atoms with van der Waals surface area (Å²) in [7, 11) is 2.01. The van der Waals surface area contributed by atoms with Gasteiger partial charge in [0.05, 0.1) is 0 Å². The Morgan fingerprint density at radius 2 is 1.72 bits per heavy atom. The maximum atomic E-state index is 3.48. The molecule has 0 heterocycles. The summed E-state index contributed by atoms with van der Waals surface area (Å²) >= 11 is 0. The molecule has 0 saturated heterocycles. The molecule has 2 heteroatoms. The van der Waals surface area contributed by atoms with E-state index < -0.39 is 0 Å². The van der Waals surface area contributed by atoms with E-state index in [1.165, 1.54) is 51.5 Å². The lowest BCUT2D eigenvalue weighted by Crippen LogP contribution is -2.30. The molecule has 2 nitrogen and oxygen atoms in total. The van der Waals surface area contributed by atoms with Crippen molar-refractivity contribution in [2.75, 3.05) is 26.7 Å². The third kappa shape index (κ3) is 5.71. The van der Waals surface area contributed by atoms with Crippen LogP contribution in [0.2, 0.25) is 0 Å². The zero-order valence-electron chi connectivity index (χ0n) is 12.8. The third-order valence-corrected chi connectivity index (χ3v) is 4.76. The SMILES string of the molecule is CCC(CC)C1CC(CCCCNCCNC)C1. The Morgan fingerprint density at radius 1 is 1.00 bits per heavy atom. The maximum absolute atomic E-state index is 3.48. The molecule has 1 aliphatic rings. The summed E-state index contributed by atoms with van der Waals surface area (Å²) in [6.07, 6.45) is 10.1. The van der Waals surface area contributed by atoms with E-state index in [1.54, 1.807) is 0 Å². The fraction of sp³-hybridized carbons (Fsp3) is 1.00. The Bertz CT molecular complexity index is 184. The van der Waals surface area contributed by atoms with Crippen LogP contribution < -0.4 is 10.6 Å². The summed E-state index contributed by atoms with van der Waals surface area (Å²) in [4.78, 5) is 0. The summed E-state index contributed by atoms with van der Waals surface area (Å²) in [6.45, 7) is 8.11. The van der Waals surface area contributed by atoms with Crippen LogP contribution in [0.4, 0.5) is 0 Å². The second-order valence-electron chi connectivity index (χ2n) is 6.02. The quantitative estimate of drug-likeness (QED) is 0.552. The van der Waals surface area contributed by atoms with Crippen molar-refractivity contribution >= 4 is 0 Å². The van der Waals surface area contributed by atoms with E-state index in [2.05, 4.69) is 24.5 Å². The van der Waals surface area contributed by atoms with Gasteiger partial charge in [-0.1, -0.05) is 39.5 Å². The van der Waals surface area contributed by atoms with E-state index in [9.17, 15) is 0 Å². The molecule has 2 N–H and O–H groups in total. The molecule has 0 unspecified atom stereocenters. The zero-order valence-corrected chi connectivity index (χ0v) is 12.8. The van der Waals surface area contributed by atoms with Crippen molar-refractivity contribution in [3.05, 3.63) is 0 Å². The van der Waals surface area contributed by atoms with E-state index in [0.717, 1.165) is 30.8 Å². The van der Waals surface area contributed by atoms with Crippen molar-refractivity contribution < 1.29 is 0 Å². The lowest BCUT2D eigenvalue weighted by Gasteiger charge is -2.40. The van der Waals surface area contributed by atoms with Gasteiger partial charge in [0.25, 0.3) is 0 Å². The van der Waals surface area contributed by atoms with Gasteiger partial charge in [0.2, 0.25) is 0 Å². The fourth-order valence-corrected chi connectivity index (χ4v) is 3.38. The van der Waals surface area contributed by atoms with Crippen LogP contribution in [-0.4, -0.2) is 26.7 Å². The summed E-state index contributed by atoms with van der Waals surface area (Å²) < 4.78 is 0. The van der Waals surface area contributed by atoms with Gasteiger partial charge in [0.1, 0.15) is 0 Å². The van der Waals surface area contributed by atoms with Crippen molar-refractivity contribution in [2.45, 2.75) is 58.8 Å². The Morgan fingerprint density at radius 3 is 2.33 bits per heavy atom.